The van der Waals surface area contributed by atoms with Gasteiger partial charge in [0, 0.05) is 18.6 Å². The van der Waals surface area contributed by atoms with Gasteiger partial charge in [-0.2, -0.15) is 0 Å². The highest BCUT2D eigenvalue weighted by molar-refractivity contribution is 7.80. The highest BCUT2D eigenvalue weighted by Crippen LogP contribution is 2.65. The van der Waals surface area contributed by atoms with E-state index in [4.69, 9.17) is 12.2 Å². The molecule has 0 unspecified atom stereocenters. The number of rotatable bonds is 5. The van der Waals surface area contributed by atoms with Crippen LogP contribution in [-0.2, 0) is 11.8 Å². The summed E-state index contributed by atoms with van der Waals surface area (Å²) < 4.78 is 0. The molecule has 1 aromatic carbocycles. The number of benzene rings is 1. The molecule has 4 aliphatic rings. The maximum absolute atomic E-state index is 5.95. The number of nitrogens with zero attached hydrogens (tertiary/aromatic N) is 1. The molecule has 0 spiro atoms. The molecule has 0 radical (unpaired) electrons. The van der Waals surface area contributed by atoms with Crippen LogP contribution in [0.2, 0.25) is 0 Å². The molecule has 2 N–H and O–H groups in total. The van der Waals surface area contributed by atoms with Crippen molar-refractivity contribution in [1.82, 2.24) is 15.5 Å². The molecule has 0 amide bonds. The fourth-order valence-corrected chi connectivity index (χ4v) is 8.95. The Balaban J connectivity index is 1.29. The summed E-state index contributed by atoms with van der Waals surface area (Å²) in [6.45, 7) is 15.9. The van der Waals surface area contributed by atoms with Crippen molar-refractivity contribution in [3.8, 4) is 0 Å². The third kappa shape index (κ3) is 4.53. The Kier molecular flexibility index (Phi) is 7.51. The van der Waals surface area contributed by atoms with Crippen LogP contribution in [-0.4, -0.2) is 41.7 Å². The molecule has 1 aliphatic heterocycles. The zero-order chi connectivity index (χ0) is 25.6. The summed E-state index contributed by atoms with van der Waals surface area (Å²) in [5.74, 6) is 0.597. The molecule has 2 saturated carbocycles. The normalized spacial score (nSPS) is 36.8. The van der Waals surface area contributed by atoms with Gasteiger partial charge in [0.1, 0.15) is 0 Å². The number of likely N-dealkylation sites (tertiary alicyclic amines) is 1. The van der Waals surface area contributed by atoms with Crippen LogP contribution in [0.25, 0.3) is 0 Å². The molecule has 200 valence electrons. The van der Waals surface area contributed by atoms with Gasteiger partial charge in [0.15, 0.2) is 5.11 Å². The van der Waals surface area contributed by atoms with Gasteiger partial charge in [0.2, 0.25) is 0 Å². The molecular formula is C32H51N3S. The van der Waals surface area contributed by atoms with Crippen molar-refractivity contribution < 1.29 is 0 Å². The van der Waals surface area contributed by atoms with E-state index >= 15 is 0 Å². The number of hydrogen-bond donors (Lipinski definition) is 2. The van der Waals surface area contributed by atoms with Gasteiger partial charge in [0.25, 0.3) is 0 Å². The van der Waals surface area contributed by atoms with Crippen molar-refractivity contribution in [2.24, 2.45) is 10.8 Å². The maximum Gasteiger partial charge on any atom is 0.166 e. The van der Waals surface area contributed by atoms with Crippen molar-refractivity contribution in [3.63, 3.8) is 0 Å². The van der Waals surface area contributed by atoms with Crippen molar-refractivity contribution in [3.05, 3.63) is 34.9 Å². The average Bonchev–Trinajstić information content (AvgIpc) is 3.40. The second-order valence-corrected chi connectivity index (χ2v) is 14.1. The van der Waals surface area contributed by atoms with Crippen LogP contribution in [0.3, 0.4) is 0 Å². The Labute approximate surface area is 226 Å². The molecule has 0 aromatic heterocycles. The van der Waals surface area contributed by atoms with Crippen LogP contribution in [0, 0.1) is 10.8 Å². The first-order valence-electron chi connectivity index (χ1n) is 15.1. The number of nitrogens with one attached hydrogen (secondary N) is 2. The molecular weight excluding hydrogens is 458 g/mol. The fraction of sp³-hybridized carbons (Fsp3) is 0.781. The van der Waals surface area contributed by atoms with Crippen LogP contribution in [0.1, 0.15) is 121 Å². The summed E-state index contributed by atoms with van der Waals surface area (Å²) in [5.41, 5.74) is 5.44. The molecule has 0 bridgehead atoms. The van der Waals surface area contributed by atoms with Gasteiger partial charge in [-0.25, -0.2) is 0 Å². The Hall–Kier alpha value is -1.13. The summed E-state index contributed by atoms with van der Waals surface area (Å²) in [6, 6.07) is 8.60. The van der Waals surface area contributed by atoms with E-state index in [1.807, 2.05) is 0 Å². The Morgan fingerprint density at radius 1 is 1.00 bits per heavy atom. The lowest BCUT2D eigenvalue weighted by atomic mass is 9.41. The van der Waals surface area contributed by atoms with Crippen LogP contribution >= 0.6 is 12.2 Å². The van der Waals surface area contributed by atoms with E-state index in [-0.39, 0.29) is 16.2 Å². The van der Waals surface area contributed by atoms with E-state index in [9.17, 15) is 0 Å². The van der Waals surface area contributed by atoms with E-state index in [1.165, 1.54) is 89.3 Å². The first kappa shape index (κ1) is 26.5. The van der Waals surface area contributed by atoms with Crippen LogP contribution in [0.15, 0.2) is 18.2 Å². The second-order valence-electron chi connectivity index (χ2n) is 13.7. The van der Waals surface area contributed by atoms with Crippen LogP contribution in [0.4, 0.5) is 0 Å². The van der Waals surface area contributed by atoms with Crippen LogP contribution < -0.4 is 10.6 Å². The first-order chi connectivity index (χ1) is 17.2. The number of thiocarbonyl (C=S) groups is 1. The van der Waals surface area contributed by atoms with Gasteiger partial charge >= 0.3 is 0 Å². The fourth-order valence-electron chi connectivity index (χ4n) is 8.73. The highest BCUT2D eigenvalue weighted by Gasteiger charge is 2.59. The standard InChI is InChI=1S/C32H51N3S/c1-23(2)24-13-14-26-25(21-24)15-18-32(5)30(3,16-10-17-31(26,32)4)22-33-29(36)34-27-11-6-7-12-28(27)35-19-8-9-20-35/h13-14,21,23,27-28H,6-12,15-20,22H2,1-5H3,(H2,33,34,36)/t27-,28-,30-,31+,32-/m0/s1. The van der Waals surface area contributed by atoms with Crippen molar-refractivity contribution >= 4 is 17.3 Å². The Morgan fingerprint density at radius 3 is 2.50 bits per heavy atom. The van der Waals surface area contributed by atoms with Gasteiger partial charge in [-0.3, -0.25) is 4.90 Å². The SMILES string of the molecule is CC(C)c1ccc2c(c1)CC[C@@]1(C)[C@](C)(CNC(=S)N[C@H]3CCCC[C@@H]3N3CCCC3)CCC[C@]21C. The van der Waals surface area contributed by atoms with E-state index in [0.29, 0.717) is 18.0 Å². The van der Waals surface area contributed by atoms with Crippen molar-refractivity contribution in [2.75, 3.05) is 19.6 Å². The molecule has 1 heterocycles. The monoisotopic (exact) mass is 509 g/mol. The predicted molar refractivity (Wildman–Crippen MR) is 157 cm³/mol. The summed E-state index contributed by atoms with van der Waals surface area (Å²) in [6.07, 6.45) is 14.4. The number of fused-ring (bicyclic) bond motifs is 3. The predicted octanol–water partition coefficient (Wildman–Crippen LogP) is 7.08. The zero-order valence-corrected chi connectivity index (χ0v) is 24.5. The molecule has 3 fully saturated rings. The lowest BCUT2D eigenvalue weighted by Gasteiger charge is -2.63. The number of aryl methyl sites for hydroxylation is 1. The van der Waals surface area contributed by atoms with Crippen LogP contribution in [0.5, 0.6) is 0 Å². The van der Waals surface area contributed by atoms with Gasteiger partial charge in [-0.05, 0) is 116 Å². The molecule has 5 atom stereocenters. The lowest BCUT2D eigenvalue weighted by molar-refractivity contribution is -0.0652. The molecule has 36 heavy (non-hydrogen) atoms. The summed E-state index contributed by atoms with van der Waals surface area (Å²) in [7, 11) is 0. The molecule has 1 saturated heterocycles. The minimum Gasteiger partial charge on any atom is -0.362 e. The van der Waals surface area contributed by atoms with Crippen molar-refractivity contribution in [1.29, 1.82) is 0 Å². The highest BCUT2D eigenvalue weighted by atomic mass is 32.1. The number of hydrogen-bond acceptors (Lipinski definition) is 2. The minimum atomic E-state index is 0.223. The first-order valence-corrected chi connectivity index (χ1v) is 15.5. The summed E-state index contributed by atoms with van der Waals surface area (Å²) >= 11 is 5.95. The Morgan fingerprint density at radius 2 is 1.75 bits per heavy atom. The quantitative estimate of drug-likeness (QED) is 0.415. The van der Waals surface area contributed by atoms with Gasteiger partial charge in [-0.15, -0.1) is 0 Å². The summed E-state index contributed by atoms with van der Waals surface area (Å²) in [4.78, 5) is 2.73. The van der Waals surface area contributed by atoms with E-state index in [2.05, 4.69) is 68.4 Å². The van der Waals surface area contributed by atoms with Gasteiger partial charge < -0.3 is 10.6 Å². The average molecular weight is 510 g/mol. The topological polar surface area (TPSA) is 27.3 Å². The minimum absolute atomic E-state index is 0.223. The molecule has 1 aromatic rings. The largest absolute Gasteiger partial charge is 0.362 e. The maximum atomic E-state index is 5.95. The van der Waals surface area contributed by atoms with Gasteiger partial charge in [0.05, 0.1) is 0 Å². The third-order valence-corrected chi connectivity index (χ3v) is 11.8. The van der Waals surface area contributed by atoms with E-state index < -0.39 is 0 Å². The molecule has 5 rings (SSSR count). The molecule has 3 nitrogen and oxygen atoms in total. The molecule has 3 aliphatic carbocycles. The summed E-state index contributed by atoms with van der Waals surface area (Å²) in [5, 5.41) is 8.47. The smallest absolute Gasteiger partial charge is 0.166 e. The Bertz CT molecular complexity index is 953. The zero-order valence-electron chi connectivity index (χ0n) is 23.7. The van der Waals surface area contributed by atoms with Gasteiger partial charge in [-0.1, -0.05) is 72.1 Å². The second kappa shape index (κ2) is 10.2. The van der Waals surface area contributed by atoms with E-state index in [1.54, 1.807) is 11.1 Å². The van der Waals surface area contributed by atoms with Crippen molar-refractivity contribution in [2.45, 2.75) is 129 Å². The molecule has 4 heteroatoms. The lowest BCUT2D eigenvalue weighted by Crippen LogP contribution is -2.61. The third-order valence-electron chi connectivity index (χ3n) is 11.5. The van der Waals surface area contributed by atoms with E-state index in [0.717, 1.165) is 11.7 Å².